The molecule has 0 aliphatic carbocycles. The van der Waals surface area contributed by atoms with Crippen LogP contribution < -0.4 is 15.8 Å². The maximum absolute atomic E-state index is 12.0. The van der Waals surface area contributed by atoms with Gasteiger partial charge in [-0.3, -0.25) is 9.59 Å². The van der Waals surface area contributed by atoms with Gasteiger partial charge in [0.05, 0.1) is 19.3 Å². The first-order valence-electron chi connectivity index (χ1n) is 6.94. The predicted molar refractivity (Wildman–Crippen MR) is 82.1 cm³/mol. The van der Waals surface area contributed by atoms with Crippen LogP contribution in [-0.2, 0) is 9.59 Å². The largest absolute Gasteiger partial charge is 0.495 e. The van der Waals surface area contributed by atoms with Gasteiger partial charge in [0.25, 0.3) is 0 Å². The van der Waals surface area contributed by atoms with Crippen molar-refractivity contribution in [3.63, 3.8) is 0 Å². The van der Waals surface area contributed by atoms with Crippen molar-refractivity contribution in [1.29, 1.82) is 0 Å². The van der Waals surface area contributed by atoms with E-state index >= 15 is 0 Å². The number of methoxy groups -OCH3 is 1. The van der Waals surface area contributed by atoms with Gasteiger partial charge in [-0.2, -0.15) is 0 Å². The fourth-order valence-corrected chi connectivity index (χ4v) is 1.89. The summed E-state index contributed by atoms with van der Waals surface area (Å²) < 4.78 is 5.17. The third-order valence-electron chi connectivity index (χ3n) is 2.95. The number of ether oxygens (including phenoxy) is 1. The summed E-state index contributed by atoms with van der Waals surface area (Å²) in [6, 6.07) is 6.91. The van der Waals surface area contributed by atoms with Crippen molar-refractivity contribution in [3.8, 4) is 5.75 Å². The van der Waals surface area contributed by atoms with Gasteiger partial charge in [-0.15, -0.1) is 0 Å². The summed E-state index contributed by atoms with van der Waals surface area (Å²) in [5, 5.41) is 2.75. The Kier molecular flexibility index (Phi) is 6.68. The van der Waals surface area contributed by atoms with Gasteiger partial charge in [-0.1, -0.05) is 12.1 Å². The molecule has 2 amide bonds. The Morgan fingerprint density at radius 1 is 1.38 bits per heavy atom. The first-order chi connectivity index (χ1) is 9.97. The molecule has 0 aliphatic rings. The number of hydrogen-bond acceptors (Lipinski definition) is 4. The number of anilines is 1. The molecule has 0 saturated heterocycles. The number of benzene rings is 1. The topological polar surface area (TPSA) is 84.7 Å². The third kappa shape index (κ3) is 5.43. The number of para-hydroxylation sites is 2. The zero-order chi connectivity index (χ0) is 15.8. The van der Waals surface area contributed by atoms with Crippen LogP contribution in [0.25, 0.3) is 0 Å². The molecule has 1 atom stereocenters. The molecule has 0 fully saturated rings. The van der Waals surface area contributed by atoms with Crippen LogP contribution in [-0.4, -0.2) is 43.0 Å². The smallest absolute Gasteiger partial charge is 0.244 e. The number of rotatable bonds is 7. The molecule has 6 heteroatoms. The number of carbonyl (C=O) groups excluding carboxylic acids is 2. The van der Waals surface area contributed by atoms with Gasteiger partial charge >= 0.3 is 0 Å². The van der Waals surface area contributed by atoms with E-state index < -0.39 is 0 Å². The van der Waals surface area contributed by atoms with Crippen molar-refractivity contribution in [2.45, 2.75) is 26.3 Å². The molecule has 0 spiro atoms. The van der Waals surface area contributed by atoms with E-state index in [1.807, 2.05) is 13.0 Å². The fraction of sp³-hybridized carbons (Fsp3) is 0.467. The molecule has 6 nitrogen and oxygen atoms in total. The molecule has 3 N–H and O–H groups in total. The van der Waals surface area contributed by atoms with Crippen LogP contribution in [0.3, 0.4) is 0 Å². The number of nitrogens with zero attached hydrogens (tertiary/aromatic N) is 1. The normalized spacial score (nSPS) is 11.6. The van der Waals surface area contributed by atoms with E-state index in [9.17, 15) is 9.59 Å². The van der Waals surface area contributed by atoms with Crippen LogP contribution in [0.2, 0.25) is 0 Å². The van der Waals surface area contributed by atoms with E-state index in [1.54, 1.807) is 25.1 Å². The van der Waals surface area contributed by atoms with Crippen LogP contribution in [0.1, 0.15) is 20.3 Å². The lowest BCUT2D eigenvalue weighted by molar-refractivity contribution is -0.134. The maximum atomic E-state index is 12.0. The predicted octanol–water partition coefficient (Wildman–Crippen LogP) is 1.22. The van der Waals surface area contributed by atoms with Gasteiger partial charge < -0.3 is 20.7 Å². The highest BCUT2D eigenvalue weighted by atomic mass is 16.5. The van der Waals surface area contributed by atoms with Gasteiger partial charge in [-0.25, -0.2) is 0 Å². The SMILES string of the molecule is CCN(CC(=O)Nc1ccccc1OC)C(=O)CC(C)N. The van der Waals surface area contributed by atoms with Crippen molar-refractivity contribution < 1.29 is 14.3 Å². The molecule has 116 valence electrons. The lowest BCUT2D eigenvalue weighted by atomic mass is 10.2. The minimum atomic E-state index is -0.264. The maximum Gasteiger partial charge on any atom is 0.244 e. The third-order valence-corrected chi connectivity index (χ3v) is 2.95. The van der Waals surface area contributed by atoms with Gasteiger partial charge in [0, 0.05) is 19.0 Å². The molecular formula is C15H23N3O3. The van der Waals surface area contributed by atoms with Crippen molar-refractivity contribution in [2.24, 2.45) is 5.73 Å². The van der Waals surface area contributed by atoms with Gasteiger partial charge in [-0.05, 0) is 26.0 Å². The summed E-state index contributed by atoms with van der Waals surface area (Å²) in [4.78, 5) is 25.5. The summed E-state index contributed by atoms with van der Waals surface area (Å²) in [5.41, 5.74) is 6.20. The lowest BCUT2D eigenvalue weighted by Gasteiger charge is -2.21. The molecule has 21 heavy (non-hydrogen) atoms. The van der Waals surface area contributed by atoms with Crippen LogP contribution in [0, 0.1) is 0 Å². The van der Waals surface area contributed by atoms with E-state index in [1.165, 1.54) is 12.0 Å². The Balaban J connectivity index is 2.65. The quantitative estimate of drug-likeness (QED) is 0.791. The van der Waals surface area contributed by atoms with Crippen molar-refractivity contribution in [2.75, 3.05) is 25.5 Å². The molecule has 0 bridgehead atoms. The van der Waals surface area contributed by atoms with Crippen LogP contribution >= 0.6 is 0 Å². The second-order valence-electron chi connectivity index (χ2n) is 4.84. The second kappa shape index (κ2) is 8.26. The molecule has 0 aliphatic heterocycles. The Labute approximate surface area is 125 Å². The molecular weight excluding hydrogens is 270 g/mol. The number of likely N-dealkylation sites (N-methyl/N-ethyl adjacent to an activating group) is 1. The van der Waals surface area contributed by atoms with E-state index in [0.29, 0.717) is 18.0 Å². The highest BCUT2D eigenvalue weighted by Gasteiger charge is 2.17. The van der Waals surface area contributed by atoms with Crippen molar-refractivity contribution in [3.05, 3.63) is 24.3 Å². The van der Waals surface area contributed by atoms with Gasteiger partial charge in [0.1, 0.15) is 5.75 Å². The number of amides is 2. The first kappa shape index (κ1) is 17.0. The van der Waals surface area contributed by atoms with Crippen molar-refractivity contribution >= 4 is 17.5 Å². The van der Waals surface area contributed by atoms with E-state index in [2.05, 4.69) is 5.32 Å². The standard InChI is InChI=1S/C15H23N3O3/c1-4-18(15(20)9-11(2)16)10-14(19)17-12-7-5-6-8-13(12)21-3/h5-8,11H,4,9-10,16H2,1-3H3,(H,17,19). The highest BCUT2D eigenvalue weighted by molar-refractivity contribution is 5.95. The molecule has 1 aromatic rings. The van der Waals surface area contributed by atoms with Crippen LogP contribution in [0.5, 0.6) is 5.75 Å². The number of hydrogen-bond donors (Lipinski definition) is 2. The molecule has 1 aromatic carbocycles. The van der Waals surface area contributed by atoms with Crippen LogP contribution in [0.15, 0.2) is 24.3 Å². The van der Waals surface area contributed by atoms with E-state index in [0.717, 1.165) is 0 Å². The van der Waals surface area contributed by atoms with E-state index in [4.69, 9.17) is 10.5 Å². The Bertz CT molecular complexity index is 489. The molecule has 0 radical (unpaired) electrons. The summed E-state index contributed by atoms with van der Waals surface area (Å²) in [5.74, 6) is 0.192. The zero-order valence-electron chi connectivity index (χ0n) is 12.8. The van der Waals surface area contributed by atoms with Gasteiger partial charge in [0.15, 0.2) is 0 Å². The molecule has 0 heterocycles. The Morgan fingerprint density at radius 3 is 2.62 bits per heavy atom. The molecule has 0 saturated carbocycles. The van der Waals surface area contributed by atoms with E-state index in [-0.39, 0.29) is 30.8 Å². The van der Waals surface area contributed by atoms with Crippen LogP contribution in [0.4, 0.5) is 5.69 Å². The fourth-order valence-electron chi connectivity index (χ4n) is 1.89. The molecule has 1 unspecified atom stereocenters. The van der Waals surface area contributed by atoms with Gasteiger partial charge in [0.2, 0.25) is 11.8 Å². The zero-order valence-corrected chi connectivity index (χ0v) is 12.8. The minimum Gasteiger partial charge on any atom is -0.495 e. The number of nitrogens with two attached hydrogens (primary N) is 1. The summed E-state index contributed by atoms with van der Waals surface area (Å²) in [6.07, 6.45) is 0.232. The number of carbonyl (C=O) groups is 2. The number of nitrogens with one attached hydrogen (secondary N) is 1. The monoisotopic (exact) mass is 293 g/mol. The molecule has 0 aromatic heterocycles. The van der Waals surface area contributed by atoms with Crippen molar-refractivity contribution in [1.82, 2.24) is 4.90 Å². The summed E-state index contributed by atoms with van der Waals surface area (Å²) >= 11 is 0. The summed E-state index contributed by atoms with van der Waals surface area (Å²) in [7, 11) is 1.54. The highest BCUT2D eigenvalue weighted by Crippen LogP contribution is 2.22. The summed E-state index contributed by atoms with van der Waals surface area (Å²) in [6.45, 7) is 4.06. The first-order valence-corrected chi connectivity index (χ1v) is 6.94. The Morgan fingerprint density at radius 2 is 2.05 bits per heavy atom. The lowest BCUT2D eigenvalue weighted by Crippen LogP contribution is -2.40. The average molecular weight is 293 g/mol. The Hall–Kier alpha value is -2.08. The molecule has 1 rings (SSSR count). The average Bonchev–Trinajstić information content (AvgIpc) is 2.44. The minimum absolute atomic E-state index is 0.000101. The second-order valence-corrected chi connectivity index (χ2v) is 4.84.